The Kier molecular flexibility index (Phi) is 8.73. The smallest absolute Gasteiger partial charge is 0.309 e. The first-order valence-corrected chi connectivity index (χ1v) is 14.8. The van der Waals surface area contributed by atoms with E-state index in [0.29, 0.717) is 24.7 Å². The van der Waals surface area contributed by atoms with Crippen LogP contribution in [0.5, 0.6) is 17.2 Å². The number of carbonyl (C=O) groups is 2. The molecule has 0 saturated carbocycles. The van der Waals surface area contributed by atoms with Crippen molar-refractivity contribution in [2.45, 2.75) is 59.4 Å². The Hall–Kier alpha value is -4.04. The van der Waals surface area contributed by atoms with Gasteiger partial charge in [-0.1, -0.05) is 49.7 Å². The molecular weight excluding hydrogens is 532 g/mol. The van der Waals surface area contributed by atoms with Crippen LogP contribution in [0.4, 0.5) is 5.69 Å². The van der Waals surface area contributed by atoms with Gasteiger partial charge in [0, 0.05) is 24.2 Å². The number of fused-ring (bicyclic) bond motifs is 1. The van der Waals surface area contributed by atoms with Crippen LogP contribution >= 0.6 is 0 Å². The normalized spacial score (nSPS) is 19.6. The number of nitrogens with one attached hydrogen (secondary N) is 1. The number of carboxylic acid groups (broad SMARTS) is 1. The maximum absolute atomic E-state index is 13.7. The van der Waals surface area contributed by atoms with Gasteiger partial charge in [-0.3, -0.25) is 14.5 Å². The first kappa shape index (κ1) is 29.5. The third kappa shape index (κ3) is 5.68. The third-order valence-electron chi connectivity index (χ3n) is 8.46. The summed E-state index contributed by atoms with van der Waals surface area (Å²) in [5.41, 5.74) is 6.83. The molecule has 0 aromatic heterocycles. The van der Waals surface area contributed by atoms with Gasteiger partial charge in [-0.15, -0.1) is 0 Å². The van der Waals surface area contributed by atoms with E-state index in [1.807, 2.05) is 55.1 Å². The largest absolute Gasteiger partial charge is 0.494 e. The van der Waals surface area contributed by atoms with Crippen LogP contribution in [0.25, 0.3) is 0 Å². The number of likely N-dealkylation sites (tertiary alicyclic amines) is 1. The summed E-state index contributed by atoms with van der Waals surface area (Å²) in [5, 5.41) is 13.8. The Morgan fingerprint density at radius 2 is 1.69 bits per heavy atom. The first-order chi connectivity index (χ1) is 20.2. The maximum Gasteiger partial charge on any atom is 0.309 e. The lowest BCUT2D eigenvalue weighted by Gasteiger charge is -2.27. The molecule has 3 aromatic carbocycles. The second kappa shape index (κ2) is 12.4. The van der Waals surface area contributed by atoms with Crippen molar-refractivity contribution in [3.63, 3.8) is 0 Å². The lowest BCUT2D eigenvalue weighted by molar-refractivity contribution is -0.143. The lowest BCUT2D eigenvalue weighted by Crippen LogP contribution is -2.35. The van der Waals surface area contributed by atoms with Crippen molar-refractivity contribution < 1.29 is 28.9 Å². The zero-order chi connectivity index (χ0) is 30.0. The molecule has 5 rings (SSSR count). The van der Waals surface area contributed by atoms with Crippen molar-refractivity contribution in [2.75, 3.05) is 31.8 Å². The molecular formula is C34H40N2O6. The van der Waals surface area contributed by atoms with E-state index in [-0.39, 0.29) is 25.2 Å². The minimum Gasteiger partial charge on any atom is -0.494 e. The highest BCUT2D eigenvalue weighted by molar-refractivity contribution is 5.94. The second-order valence-corrected chi connectivity index (χ2v) is 11.1. The maximum atomic E-state index is 13.7. The van der Waals surface area contributed by atoms with Gasteiger partial charge >= 0.3 is 5.97 Å². The number of rotatable bonds is 10. The monoisotopic (exact) mass is 572 g/mol. The number of carboxylic acids is 1. The summed E-state index contributed by atoms with van der Waals surface area (Å²) in [4.78, 5) is 28.7. The van der Waals surface area contributed by atoms with Gasteiger partial charge in [0.2, 0.25) is 12.7 Å². The van der Waals surface area contributed by atoms with Crippen LogP contribution in [0.3, 0.4) is 0 Å². The van der Waals surface area contributed by atoms with E-state index < -0.39 is 17.9 Å². The van der Waals surface area contributed by atoms with Crippen LogP contribution in [0.15, 0.2) is 48.5 Å². The van der Waals surface area contributed by atoms with Crippen LogP contribution in [0.1, 0.15) is 66.1 Å². The highest BCUT2D eigenvalue weighted by Crippen LogP contribution is 2.49. The molecule has 2 N–H and O–H groups in total. The number of ether oxygens (including phenoxy) is 3. The van der Waals surface area contributed by atoms with Crippen LogP contribution in [-0.2, 0) is 22.4 Å². The fraction of sp³-hybridized carbons (Fsp3) is 0.412. The minimum atomic E-state index is -0.904. The number of carbonyl (C=O) groups excluding carboxylic acids is 1. The molecule has 3 aromatic rings. The van der Waals surface area contributed by atoms with Crippen LogP contribution in [0, 0.1) is 19.8 Å². The SMILES string of the molecule is CCOc1ccc([C@H]2C(C(=O)O)[C@@H](c3ccc4c(c3C)OCO4)CN2CC(=O)Nc2c(CC)cc(C)cc2CC)cc1. The van der Waals surface area contributed by atoms with Gasteiger partial charge in [0.15, 0.2) is 11.5 Å². The number of hydrogen-bond acceptors (Lipinski definition) is 6. The predicted octanol–water partition coefficient (Wildman–Crippen LogP) is 6.04. The van der Waals surface area contributed by atoms with E-state index in [4.69, 9.17) is 14.2 Å². The fourth-order valence-corrected chi connectivity index (χ4v) is 6.59. The number of nitrogens with zero attached hydrogens (tertiary/aromatic N) is 1. The number of hydrogen-bond donors (Lipinski definition) is 2. The van der Waals surface area contributed by atoms with Crippen molar-refractivity contribution in [3.05, 3.63) is 81.9 Å². The summed E-state index contributed by atoms with van der Waals surface area (Å²) in [7, 11) is 0. The molecule has 3 atom stereocenters. The molecule has 0 radical (unpaired) electrons. The number of aryl methyl sites for hydroxylation is 3. The van der Waals surface area contributed by atoms with Gasteiger partial charge in [-0.2, -0.15) is 0 Å². The first-order valence-electron chi connectivity index (χ1n) is 14.8. The topological polar surface area (TPSA) is 97.3 Å². The summed E-state index contributed by atoms with van der Waals surface area (Å²) < 4.78 is 16.9. The number of benzene rings is 3. The van der Waals surface area contributed by atoms with Gasteiger partial charge in [0.1, 0.15) is 5.75 Å². The van der Waals surface area contributed by atoms with Crippen LogP contribution < -0.4 is 19.5 Å². The Labute approximate surface area is 247 Å². The summed E-state index contributed by atoms with van der Waals surface area (Å²) in [6.07, 6.45) is 1.60. The number of anilines is 1. The molecule has 1 fully saturated rings. The minimum absolute atomic E-state index is 0.0575. The molecule has 2 heterocycles. The standard InChI is InChI=1S/C34H40N2O6/c1-6-22-15-20(4)16-23(7-2)31(22)35-29(37)18-36-17-27(26-13-14-28-33(21(26)5)42-19-41-28)30(34(38)39)32(36)24-9-11-25(12-10-24)40-8-3/h9-16,27,30,32H,6-8,17-19H2,1-5H3,(H,35,37)(H,38,39)/t27-,30?,32+/m1/s1. The molecule has 0 spiro atoms. The lowest BCUT2D eigenvalue weighted by atomic mass is 9.81. The van der Waals surface area contributed by atoms with E-state index >= 15 is 0 Å². The Balaban J connectivity index is 1.51. The fourth-order valence-electron chi connectivity index (χ4n) is 6.59. The van der Waals surface area contributed by atoms with E-state index in [1.165, 1.54) is 5.56 Å². The molecule has 2 aliphatic heterocycles. The van der Waals surface area contributed by atoms with Gasteiger partial charge in [0.25, 0.3) is 0 Å². The van der Waals surface area contributed by atoms with Crippen LogP contribution in [-0.4, -0.2) is 48.4 Å². The molecule has 42 heavy (non-hydrogen) atoms. The quantitative estimate of drug-likeness (QED) is 0.306. The molecule has 0 aliphatic carbocycles. The summed E-state index contributed by atoms with van der Waals surface area (Å²) in [6.45, 7) is 11.2. The average Bonchev–Trinajstić information content (AvgIpc) is 3.60. The highest BCUT2D eigenvalue weighted by Gasteiger charge is 2.48. The average molecular weight is 573 g/mol. The van der Waals surface area contributed by atoms with Gasteiger partial charge in [-0.05, 0) is 79.6 Å². The van der Waals surface area contributed by atoms with Crippen molar-refractivity contribution in [1.29, 1.82) is 0 Å². The Bertz CT molecular complexity index is 1440. The molecule has 1 amide bonds. The Morgan fingerprint density at radius 3 is 2.31 bits per heavy atom. The molecule has 1 saturated heterocycles. The summed E-state index contributed by atoms with van der Waals surface area (Å²) in [5.74, 6) is -0.173. The van der Waals surface area contributed by atoms with E-state index in [1.54, 1.807) is 0 Å². The summed E-state index contributed by atoms with van der Waals surface area (Å²) in [6, 6.07) is 15.1. The molecule has 8 heteroatoms. The van der Waals surface area contributed by atoms with E-state index in [0.717, 1.165) is 52.1 Å². The third-order valence-corrected chi connectivity index (χ3v) is 8.46. The van der Waals surface area contributed by atoms with E-state index in [2.05, 4.69) is 38.2 Å². The van der Waals surface area contributed by atoms with Crippen molar-refractivity contribution in [2.24, 2.45) is 5.92 Å². The molecule has 8 nitrogen and oxygen atoms in total. The van der Waals surface area contributed by atoms with Gasteiger partial charge < -0.3 is 24.6 Å². The molecule has 0 bridgehead atoms. The predicted molar refractivity (Wildman–Crippen MR) is 162 cm³/mol. The molecule has 222 valence electrons. The highest BCUT2D eigenvalue weighted by atomic mass is 16.7. The number of amides is 1. The number of aliphatic carboxylic acids is 1. The molecule has 2 aliphatic rings. The van der Waals surface area contributed by atoms with Crippen molar-refractivity contribution in [3.8, 4) is 17.2 Å². The van der Waals surface area contributed by atoms with Gasteiger partial charge in [-0.25, -0.2) is 0 Å². The Morgan fingerprint density at radius 1 is 1.00 bits per heavy atom. The van der Waals surface area contributed by atoms with Crippen molar-refractivity contribution >= 4 is 17.6 Å². The zero-order valence-electron chi connectivity index (χ0n) is 25.0. The second-order valence-electron chi connectivity index (χ2n) is 11.1. The zero-order valence-corrected chi connectivity index (χ0v) is 25.0. The van der Waals surface area contributed by atoms with E-state index in [9.17, 15) is 14.7 Å². The summed E-state index contributed by atoms with van der Waals surface area (Å²) >= 11 is 0. The van der Waals surface area contributed by atoms with Gasteiger partial charge in [0.05, 0.1) is 19.1 Å². The van der Waals surface area contributed by atoms with Crippen LogP contribution in [0.2, 0.25) is 0 Å². The van der Waals surface area contributed by atoms with Crippen molar-refractivity contribution in [1.82, 2.24) is 4.90 Å². The molecule has 1 unspecified atom stereocenters.